The van der Waals surface area contributed by atoms with E-state index >= 15 is 0 Å². The molecule has 0 aliphatic rings. The molecule has 59 valence electrons. The zero-order chi connectivity index (χ0) is 8.39. The molecule has 2 aromatic rings. The van der Waals surface area contributed by atoms with Crippen LogP contribution in [0.25, 0.3) is 11.4 Å². The van der Waals surface area contributed by atoms with Gasteiger partial charge in [0.2, 0.25) is 0 Å². The van der Waals surface area contributed by atoms with Gasteiger partial charge in [-0.1, -0.05) is 0 Å². The highest BCUT2D eigenvalue weighted by molar-refractivity contribution is 5.53. The van der Waals surface area contributed by atoms with E-state index in [1.807, 2.05) is 0 Å². The molecule has 0 amide bonds. The fourth-order valence-electron chi connectivity index (χ4n) is 0.984. The van der Waals surface area contributed by atoms with Crippen molar-refractivity contribution in [3.8, 4) is 11.4 Å². The number of rotatable bonds is 1. The Balaban J connectivity index is 2.43. The number of imidazole rings is 1. The second-order valence-corrected chi connectivity index (χ2v) is 2.38. The van der Waals surface area contributed by atoms with Crippen LogP contribution in [0.2, 0.25) is 0 Å². The smallest absolute Gasteiger partial charge is 0.137 e. The summed E-state index contributed by atoms with van der Waals surface area (Å²) in [5.74, 6) is 0.462. The normalized spacial score (nSPS) is 10.1. The molecular formula is C9H6FN2. The largest absolute Gasteiger partial charge is 0.337 e. The van der Waals surface area contributed by atoms with Gasteiger partial charge in [-0.15, -0.1) is 0 Å². The van der Waals surface area contributed by atoms with Gasteiger partial charge in [0.25, 0.3) is 0 Å². The van der Waals surface area contributed by atoms with Gasteiger partial charge in [-0.05, 0) is 24.3 Å². The van der Waals surface area contributed by atoms with Crippen LogP contribution >= 0.6 is 0 Å². The van der Waals surface area contributed by atoms with Crippen LogP contribution in [0, 0.1) is 12.0 Å². The molecule has 0 saturated heterocycles. The molecule has 2 nitrogen and oxygen atoms in total. The van der Waals surface area contributed by atoms with Crippen molar-refractivity contribution >= 4 is 0 Å². The summed E-state index contributed by atoms with van der Waals surface area (Å²) < 4.78 is 12.5. The highest BCUT2D eigenvalue weighted by atomic mass is 19.1. The van der Waals surface area contributed by atoms with Gasteiger partial charge in [0.15, 0.2) is 0 Å². The summed E-state index contributed by atoms with van der Waals surface area (Å²) in [5, 5.41) is 0. The summed E-state index contributed by atoms with van der Waals surface area (Å²) >= 11 is 0. The number of nitrogens with one attached hydrogen (secondary N) is 1. The SMILES string of the molecule is Fc1ccc(-c2nc[c][nH]2)cc1. The zero-order valence-electron chi connectivity index (χ0n) is 6.21. The van der Waals surface area contributed by atoms with Gasteiger partial charge in [0.05, 0.1) is 12.4 Å². The number of hydrogen-bond donors (Lipinski definition) is 1. The zero-order valence-corrected chi connectivity index (χ0v) is 6.21. The molecule has 0 saturated carbocycles. The van der Waals surface area contributed by atoms with Gasteiger partial charge in [-0.3, -0.25) is 0 Å². The van der Waals surface area contributed by atoms with Crippen molar-refractivity contribution in [1.29, 1.82) is 0 Å². The first kappa shape index (κ1) is 7.03. The van der Waals surface area contributed by atoms with Gasteiger partial charge >= 0.3 is 0 Å². The van der Waals surface area contributed by atoms with E-state index in [-0.39, 0.29) is 5.82 Å². The van der Waals surface area contributed by atoms with Crippen molar-refractivity contribution in [2.45, 2.75) is 0 Å². The topological polar surface area (TPSA) is 28.7 Å². The lowest BCUT2D eigenvalue weighted by Gasteiger charge is -1.94. The Morgan fingerprint density at radius 2 is 2.00 bits per heavy atom. The summed E-state index contributed by atoms with van der Waals surface area (Å²) in [6, 6.07) is 6.14. The summed E-state index contributed by atoms with van der Waals surface area (Å²) in [6.45, 7) is 0. The lowest BCUT2D eigenvalue weighted by Crippen LogP contribution is -1.80. The van der Waals surface area contributed by atoms with Gasteiger partial charge in [0, 0.05) is 5.56 Å². The minimum Gasteiger partial charge on any atom is -0.337 e. The van der Waals surface area contributed by atoms with E-state index in [0.717, 1.165) is 5.56 Å². The number of aromatic amines is 1. The maximum atomic E-state index is 12.5. The monoisotopic (exact) mass is 161 g/mol. The average Bonchev–Trinajstić information content (AvgIpc) is 2.58. The standard InChI is InChI=1S/C9H6FN2/c10-8-3-1-7(2-4-8)9-11-5-6-12-9/h1-5H,(H,11,12). The van der Waals surface area contributed by atoms with Crippen LogP contribution in [0.15, 0.2) is 30.5 Å². The van der Waals surface area contributed by atoms with Gasteiger partial charge in [-0.2, -0.15) is 0 Å². The Bertz CT molecular complexity index is 351. The van der Waals surface area contributed by atoms with E-state index < -0.39 is 0 Å². The summed E-state index contributed by atoms with van der Waals surface area (Å²) in [5.41, 5.74) is 0.859. The molecule has 0 atom stereocenters. The fourth-order valence-corrected chi connectivity index (χ4v) is 0.984. The Morgan fingerprint density at radius 3 is 2.58 bits per heavy atom. The molecule has 3 heteroatoms. The molecule has 1 heterocycles. The summed E-state index contributed by atoms with van der Waals surface area (Å²) in [7, 11) is 0. The fraction of sp³-hybridized carbons (Fsp3) is 0. The van der Waals surface area contributed by atoms with E-state index in [9.17, 15) is 4.39 Å². The van der Waals surface area contributed by atoms with E-state index in [1.165, 1.54) is 12.1 Å². The van der Waals surface area contributed by atoms with Crippen molar-refractivity contribution in [2.75, 3.05) is 0 Å². The third-order valence-corrected chi connectivity index (χ3v) is 1.57. The maximum absolute atomic E-state index is 12.5. The molecule has 1 aromatic carbocycles. The first-order valence-corrected chi connectivity index (χ1v) is 3.53. The molecule has 12 heavy (non-hydrogen) atoms. The lowest BCUT2D eigenvalue weighted by atomic mass is 10.2. The van der Waals surface area contributed by atoms with Gasteiger partial charge < -0.3 is 4.98 Å². The van der Waals surface area contributed by atoms with Crippen LogP contribution in [0.1, 0.15) is 0 Å². The highest BCUT2D eigenvalue weighted by Gasteiger charge is 1.98. The van der Waals surface area contributed by atoms with Crippen LogP contribution in [0.4, 0.5) is 4.39 Å². The van der Waals surface area contributed by atoms with Gasteiger partial charge in [-0.25, -0.2) is 9.37 Å². The summed E-state index contributed by atoms with van der Waals surface area (Å²) in [4.78, 5) is 6.80. The van der Waals surface area contributed by atoms with E-state index in [2.05, 4.69) is 16.2 Å². The third-order valence-electron chi connectivity index (χ3n) is 1.57. The van der Waals surface area contributed by atoms with Crippen molar-refractivity contribution in [2.24, 2.45) is 0 Å². The van der Waals surface area contributed by atoms with Crippen molar-refractivity contribution in [1.82, 2.24) is 9.97 Å². The third kappa shape index (κ3) is 1.21. The molecule has 0 unspecified atom stereocenters. The van der Waals surface area contributed by atoms with Gasteiger partial charge in [0.1, 0.15) is 11.6 Å². The van der Waals surface area contributed by atoms with Crippen LogP contribution in [0.5, 0.6) is 0 Å². The lowest BCUT2D eigenvalue weighted by molar-refractivity contribution is 0.628. The van der Waals surface area contributed by atoms with Crippen LogP contribution in [-0.2, 0) is 0 Å². The Kier molecular flexibility index (Phi) is 1.63. The summed E-state index contributed by atoms with van der Waals surface area (Å²) in [6.07, 6.45) is 4.25. The first-order valence-electron chi connectivity index (χ1n) is 3.53. The van der Waals surface area contributed by atoms with Crippen LogP contribution in [-0.4, -0.2) is 9.97 Å². The first-order chi connectivity index (χ1) is 5.86. The minimum atomic E-state index is -0.241. The second kappa shape index (κ2) is 2.77. The Morgan fingerprint density at radius 1 is 1.25 bits per heavy atom. The molecular weight excluding hydrogens is 155 g/mol. The van der Waals surface area contributed by atoms with E-state index in [0.29, 0.717) is 5.82 Å². The van der Waals surface area contributed by atoms with Crippen LogP contribution < -0.4 is 0 Å². The minimum absolute atomic E-state index is 0.241. The Hall–Kier alpha value is -1.64. The molecule has 2 rings (SSSR count). The Labute approximate surface area is 69.1 Å². The molecule has 1 N–H and O–H groups in total. The van der Waals surface area contributed by atoms with Crippen LogP contribution in [0.3, 0.4) is 0 Å². The number of nitrogens with zero attached hydrogens (tertiary/aromatic N) is 1. The van der Waals surface area contributed by atoms with E-state index in [1.54, 1.807) is 18.3 Å². The predicted molar refractivity (Wildman–Crippen MR) is 42.8 cm³/mol. The predicted octanol–water partition coefficient (Wildman–Crippen LogP) is 2.02. The molecule has 0 aliphatic carbocycles. The van der Waals surface area contributed by atoms with E-state index in [4.69, 9.17) is 0 Å². The maximum Gasteiger partial charge on any atom is 0.137 e. The molecule has 1 radical (unpaired) electrons. The molecule has 0 fully saturated rings. The number of benzene rings is 1. The quantitative estimate of drug-likeness (QED) is 0.681. The van der Waals surface area contributed by atoms with Crippen molar-refractivity contribution < 1.29 is 4.39 Å². The molecule has 0 bridgehead atoms. The average molecular weight is 161 g/mol. The molecule has 0 spiro atoms. The van der Waals surface area contributed by atoms with Crippen molar-refractivity contribution in [3.05, 3.63) is 42.5 Å². The number of H-pyrrole nitrogens is 1. The molecule has 0 aliphatic heterocycles. The van der Waals surface area contributed by atoms with Crippen molar-refractivity contribution in [3.63, 3.8) is 0 Å². The second-order valence-electron chi connectivity index (χ2n) is 2.38. The number of halogens is 1. The number of aromatic nitrogens is 2. The molecule has 1 aromatic heterocycles. The number of hydrogen-bond acceptors (Lipinski definition) is 1. The highest BCUT2D eigenvalue weighted by Crippen LogP contribution is 2.13.